The molecule has 1 aromatic carbocycles. The molecule has 0 fully saturated rings. The minimum atomic E-state index is 0.265. The molecule has 1 aromatic heterocycles. The second-order valence-electron chi connectivity index (χ2n) is 4.55. The molecule has 3 nitrogen and oxygen atoms in total. The molecule has 0 aliphatic carbocycles. The molecule has 2 aromatic rings. The van der Waals surface area contributed by atoms with Crippen LogP contribution in [0, 0.1) is 0 Å². The van der Waals surface area contributed by atoms with Crippen LogP contribution in [-0.2, 0) is 0 Å². The molecule has 0 atom stereocenters. The maximum absolute atomic E-state index is 5.73. The molecule has 0 radical (unpaired) electrons. The second kappa shape index (κ2) is 5.80. The van der Waals surface area contributed by atoms with E-state index in [2.05, 4.69) is 24.9 Å². The zero-order valence-corrected chi connectivity index (χ0v) is 11.8. The van der Waals surface area contributed by atoms with Gasteiger partial charge in [0.1, 0.15) is 16.4 Å². The molecule has 4 heteroatoms. The fourth-order valence-corrected chi connectivity index (χ4v) is 1.78. The molecule has 0 aliphatic heterocycles. The Bertz CT molecular complexity index is 596. The molecule has 0 unspecified atom stereocenters. The summed E-state index contributed by atoms with van der Waals surface area (Å²) in [7, 11) is 0. The number of benzene rings is 1. The maximum Gasteiger partial charge on any atom is 0.219 e. The van der Waals surface area contributed by atoms with Gasteiger partial charge in [0.2, 0.25) is 5.88 Å². The first kappa shape index (κ1) is 13.5. The van der Waals surface area contributed by atoms with E-state index in [4.69, 9.17) is 22.7 Å². The van der Waals surface area contributed by atoms with Crippen LogP contribution in [0.25, 0.3) is 0 Å². The summed E-state index contributed by atoms with van der Waals surface area (Å²) in [5.74, 6) is 1.71. The van der Waals surface area contributed by atoms with E-state index >= 15 is 0 Å². The van der Waals surface area contributed by atoms with E-state index in [1.807, 2.05) is 24.3 Å². The number of thiocarbonyl (C=S) groups is 1. The first-order valence-electron chi connectivity index (χ1n) is 6.11. The number of ether oxygens (including phenoxy) is 1. The van der Waals surface area contributed by atoms with Gasteiger partial charge in [-0.2, -0.15) is 0 Å². The van der Waals surface area contributed by atoms with Crippen molar-refractivity contribution in [3.8, 4) is 11.6 Å². The lowest BCUT2D eigenvalue weighted by Crippen LogP contribution is -2.11. The van der Waals surface area contributed by atoms with Gasteiger partial charge < -0.3 is 10.5 Å². The van der Waals surface area contributed by atoms with Gasteiger partial charge in [-0.15, -0.1) is 0 Å². The zero-order valence-electron chi connectivity index (χ0n) is 11.0. The fourth-order valence-electron chi connectivity index (χ4n) is 1.67. The van der Waals surface area contributed by atoms with Crippen molar-refractivity contribution in [2.75, 3.05) is 0 Å². The van der Waals surface area contributed by atoms with Crippen molar-refractivity contribution in [2.24, 2.45) is 5.73 Å². The van der Waals surface area contributed by atoms with Crippen LogP contribution in [0.2, 0.25) is 0 Å². The Kier molecular flexibility index (Phi) is 4.12. The minimum Gasteiger partial charge on any atom is -0.439 e. The van der Waals surface area contributed by atoms with Crippen LogP contribution in [0.15, 0.2) is 42.5 Å². The molecule has 0 saturated carbocycles. The quantitative estimate of drug-likeness (QED) is 0.863. The van der Waals surface area contributed by atoms with Gasteiger partial charge in [0.15, 0.2) is 0 Å². The number of rotatable bonds is 4. The number of hydrogen-bond acceptors (Lipinski definition) is 3. The van der Waals surface area contributed by atoms with E-state index in [9.17, 15) is 0 Å². The number of hydrogen-bond donors (Lipinski definition) is 1. The Labute approximate surface area is 118 Å². The predicted molar refractivity (Wildman–Crippen MR) is 80.7 cm³/mol. The Morgan fingerprint density at radius 1 is 1.21 bits per heavy atom. The normalized spacial score (nSPS) is 10.5. The highest BCUT2D eigenvalue weighted by molar-refractivity contribution is 7.80. The molecule has 0 amide bonds. The third kappa shape index (κ3) is 3.51. The summed E-state index contributed by atoms with van der Waals surface area (Å²) in [6.45, 7) is 4.29. The van der Waals surface area contributed by atoms with Crippen molar-refractivity contribution >= 4 is 17.2 Å². The molecule has 98 valence electrons. The maximum atomic E-state index is 5.73. The average molecular weight is 272 g/mol. The summed E-state index contributed by atoms with van der Waals surface area (Å²) >= 11 is 4.90. The Hall–Kier alpha value is -1.94. The van der Waals surface area contributed by atoms with E-state index in [1.165, 1.54) is 5.56 Å². The molecule has 2 rings (SSSR count). The first-order chi connectivity index (χ1) is 9.06. The third-order valence-electron chi connectivity index (χ3n) is 2.72. The van der Waals surface area contributed by atoms with Crippen LogP contribution < -0.4 is 10.5 Å². The van der Waals surface area contributed by atoms with Crippen molar-refractivity contribution in [1.82, 2.24) is 4.98 Å². The van der Waals surface area contributed by atoms with Crippen LogP contribution in [0.5, 0.6) is 11.6 Å². The van der Waals surface area contributed by atoms with Crippen molar-refractivity contribution in [3.63, 3.8) is 0 Å². The Morgan fingerprint density at radius 3 is 2.63 bits per heavy atom. The van der Waals surface area contributed by atoms with Gasteiger partial charge in [0.05, 0.1) is 0 Å². The van der Waals surface area contributed by atoms with Gasteiger partial charge in [0.25, 0.3) is 0 Å². The summed E-state index contributed by atoms with van der Waals surface area (Å²) in [5.41, 5.74) is 7.34. The van der Waals surface area contributed by atoms with Crippen LogP contribution in [0.4, 0.5) is 0 Å². The molecule has 1 heterocycles. The van der Waals surface area contributed by atoms with E-state index < -0.39 is 0 Å². The molecule has 0 aliphatic rings. The van der Waals surface area contributed by atoms with Crippen molar-refractivity contribution < 1.29 is 4.74 Å². The van der Waals surface area contributed by atoms with Gasteiger partial charge in [0, 0.05) is 6.07 Å². The van der Waals surface area contributed by atoms with E-state index in [-0.39, 0.29) is 4.99 Å². The molecule has 0 bridgehead atoms. The summed E-state index contributed by atoms with van der Waals surface area (Å²) < 4.78 is 5.73. The predicted octanol–water partition coefficient (Wildman–Crippen LogP) is 3.63. The largest absolute Gasteiger partial charge is 0.439 e. The molecule has 0 spiro atoms. The number of nitrogens with two attached hydrogens (primary N) is 1. The smallest absolute Gasteiger partial charge is 0.219 e. The van der Waals surface area contributed by atoms with E-state index in [1.54, 1.807) is 12.1 Å². The molecule has 19 heavy (non-hydrogen) atoms. The van der Waals surface area contributed by atoms with Crippen molar-refractivity contribution in [2.45, 2.75) is 19.8 Å². The summed E-state index contributed by atoms with van der Waals surface area (Å²) in [5, 5.41) is 0. The molecular weight excluding hydrogens is 256 g/mol. The highest BCUT2D eigenvalue weighted by Gasteiger charge is 2.04. The van der Waals surface area contributed by atoms with Crippen LogP contribution >= 0.6 is 12.2 Å². The fraction of sp³-hybridized carbons (Fsp3) is 0.200. The standard InChI is InChI=1S/C15H16N2OS/c1-10(2)11-5-3-6-12(9-11)18-14-8-4-7-13(17-14)15(16)19/h3-10H,1-2H3,(H2,16,19). The number of aromatic nitrogens is 1. The van der Waals surface area contributed by atoms with E-state index in [0.717, 1.165) is 5.75 Å². The number of nitrogens with zero attached hydrogens (tertiary/aromatic N) is 1. The summed E-state index contributed by atoms with van der Waals surface area (Å²) in [6, 6.07) is 13.3. The van der Waals surface area contributed by atoms with Crippen LogP contribution in [0.1, 0.15) is 31.0 Å². The summed E-state index contributed by atoms with van der Waals surface area (Å²) in [4.78, 5) is 4.52. The minimum absolute atomic E-state index is 0.265. The average Bonchev–Trinajstić information content (AvgIpc) is 2.39. The summed E-state index contributed by atoms with van der Waals surface area (Å²) in [6.07, 6.45) is 0. The van der Waals surface area contributed by atoms with Crippen LogP contribution in [-0.4, -0.2) is 9.97 Å². The molecular formula is C15H16N2OS. The van der Waals surface area contributed by atoms with Gasteiger partial charge in [-0.3, -0.25) is 0 Å². The Balaban J connectivity index is 2.23. The lowest BCUT2D eigenvalue weighted by molar-refractivity contribution is 0.461. The van der Waals surface area contributed by atoms with Crippen molar-refractivity contribution in [3.05, 3.63) is 53.7 Å². The van der Waals surface area contributed by atoms with Crippen molar-refractivity contribution in [1.29, 1.82) is 0 Å². The Morgan fingerprint density at radius 2 is 1.95 bits per heavy atom. The SMILES string of the molecule is CC(C)c1cccc(Oc2cccc(C(N)=S)n2)c1. The second-order valence-corrected chi connectivity index (χ2v) is 4.99. The van der Waals surface area contributed by atoms with Gasteiger partial charge in [-0.1, -0.05) is 44.3 Å². The highest BCUT2D eigenvalue weighted by Crippen LogP contribution is 2.24. The monoisotopic (exact) mass is 272 g/mol. The zero-order chi connectivity index (χ0) is 13.8. The lowest BCUT2D eigenvalue weighted by Gasteiger charge is -2.09. The topological polar surface area (TPSA) is 48.1 Å². The highest BCUT2D eigenvalue weighted by atomic mass is 32.1. The van der Waals surface area contributed by atoms with E-state index in [0.29, 0.717) is 17.5 Å². The first-order valence-corrected chi connectivity index (χ1v) is 6.52. The molecule has 2 N–H and O–H groups in total. The lowest BCUT2D eigenvalue weighted by atomic mass is 10.0. The van der Waals surface area contributed by atoms with Gasteiger partial charge >= 0.3 is 0 Å². The molecule has 0 saturated heterocycles. The third-order valence-corrected chi connectivity index (χ3v) is 2.93. The van der Waals surface area contributed by atoms with Gasteiger partial charge in [-0.25, -0.2) is 4.98 Å². The number of pyridine rings is 1. The van der Waals surface area contributed by atoms with Crippen LogP contribution in [0.3, 0.4) is 0 Å². The van der Waals surface area contributed by atoms with Gasteiger partial charge in [-0.05, 0) is 29.7 Å².